The van der Waals surface area contributed by atoms with Crippen LogP contribution in [-0.2, 0) is 0 Å². The number of nitrogens with zero attached hydrogens (tertiary/aromatic N) is 4. The van der Waals surface area contributed by atoms with E-state index in [2.05, 4.69) is 240 Å². The Labute approximate surface area is 389 Å². The fraction of sp³-hybridized carbons (Fsp3) is 0. The molecule has 2 aromatic heterocycles. The van der Waals surface area contributed by atoms with E-state index in [-0.39, 0.29) is 0 Å². The summed E-state index contributed by atoms with van der Waals surface area (Å²) in [6.45, 7) is 0. The molecule has 0 saturated heterocycles. The number of fused-ring (bicyclic) bond motifs is 6. The van der Waals surface area contributed by atoms with Crippen LogP contribution in [0.15, 0.2) is 231 Å². The predicted octanol–water partition coefficient (Wildman–Crippen LogP) is 17.8. The lowest BCUT2D eigenvalue weighted by atomic mass is 9.83. The first-order chi connectivity index (χ1) is 32.7. The van der Waals surface area contributed by atoms with Gasteiger partial charge in [0.15, 0.2) is 10.3 Å². The second-order valence-electron chi connectivity index (χ2n) is 16.5. The number of hydrogen-bond donors (Lipinski definition) is 0. The standard InChI is InChI=1S/C60H38N4S2/c1-3-21-41(22-4-1)63(59-61-53-29-11-13-31-55(53)65-59)43-33-35-49-51(37-43)57(47-27-15-19-39-17-7-9-25-45(39)47)50-36-34-44(38-52(50)58(49)48-28-16-20-40-18-8-10-26-46(40)48)64(42-23-5-2-6-24-42)60-62-54-30-12-14-32-56(54)66-60/h1-38H. The molecular weight excluding hydrogens is 841 g/mol. The molecule has 0 aliphatic heterocycles. The van der Waals surface area contributed by atoms with Crippen molar-refractivity contribution in [2.24, 2.45) is 0 Å². The molecule has 0 amide bonds. The van der Waals surface area contributed by atoms with Gasteiger partial charge >= 0.3 is 0 Å². The van der Waals surface area contributed by atoms with Crippen molar-refractivity contribution in [1.82, 2.24) is 9.97 Å². The molecule has 0 saturated carbocycles. The molecule has 0 bridgehead atoms. The largest absolute Gasteiger partial charge is 0.286 e. The summed E-state index contributed by atoms with van der Waals surface area (Å²) < 4.78 is 2.31. The number of hydrogen-bond acceptors (Lipinski definition) is 6. The van der Waals surface area contributed by atoms with Gasteiger partial charge in [0, 0.05) is 22.7 Å². The summed E-state index contributed by atoms with van der Waals surface area (Å²) in [6.07, 6.45) is 0. The maximum Gasteiger partial charge on any atom is 0.195 e. The maximum absolute atomic E-state index is 5.24. The Morgan fingerprint density at radius 2 is 0.682 bits per heavy atom. The molecule has 0 aliphatic carbocycles. The molecule has 6 heteroatoms. The third-order valence-corrected chi connectivity index (χ3v) is 14.7. The minimum Gasteiger partial charge on any atom is -0.286 e. The van der Waals surface area contributed by atoms with Gasteiger partial charge in [-0.15, -0.1) is 0 Å². The lowest BCUT2D eigenvalue weighted by Crippen LogP contribution is -2.10. The Bertz CT molecular complexity index is 3630. The highest BCUT2D eigenvalue weighted by Crippen LogP contribution is 2.51. The molecule has 11 aromatic carbocycles. The Morgan fingerprint density at radius 3 is 1.14 bits per heavy atom. The van der Waals surface area contributed by atoms with Gasteiger partial charge in [-0.25, -0.2) is 9.97 Å². The number of thiazole rings is 2. The lowest BCUT2D eigenvalue weighted by molar-refractivity contribution is 1.25. The van der Waals surface area contributed by atoms with Crippen molar-refractivity contribution >= 4 is 119 Å². The maximum atomic E-state index is 5.24. The van der Waals surface area contributed by atoms with E-state index in [1.54, 1.807) is 22.7 Å². The van der Waals surface area contributed by atoms with Crippen molar-refractivity contribution < 1.29 is 0 Å². The Balaban J connectivity index is 1.17. The molecule has 0 unspecified atom stereocenters. The molecule has 66 heavy (non-hydrogen) atoms. The quantitative estimate of drug-likeness (QED) is 0.142. The van der Waals surface area contributed by atoms with Crippen LogP contribution < -0.4 is 9.80 Å². The van der Waals surface area contributed by atoms with Crippen molar-refractivity contribution in [2.75, 3.05) is 9.80 Å². The third-order valence-electron chi connectivity index (χ3n) is 12.7. The van der Waals surface area contributed by atoms with Crippen molar-refractivity contribution in [2.45, 2.75) is 0 Å². The zero-order valence-electron chi connectivity index (χ0n) is 35.5. The Hall–Kier alpha value is -8.16. The van der Waals surface area contributed by atoms with Gasteiger partial charge in [-0.05, 0) is 138 Å². The number of para-hydroxylation sites is 4. The minimum absolute atomic E-state index is 0.920. The summed E-state index contributed by atoms with van der Waals surface area (Å²) >= 11 is 3.43. The first-order valence-electron chi connectivity index (χ1n) is 22.1. The molecule has 0 N–H and O–H groups in total. The average Bonchev–Trinajstić information content (AvgIpc) is 4.01. The van der Waals surface area contributed by atoms with Gasteiger partial charge in [-0.2, -0.15) is 0 Å². The number of rotatable bonds is 8. The van der Waals surface area contributed by atoms with Crippen LogP contribution in [0.1, 0.15) is 0 Å². The normalized spacial score (nSPS) is 11.6. The van der Waals surface area contributed by atoms with E-state index in [1.165, 1.54) is 65.3 Å². The van der Waals surface area contributed by atoms with Crippen LogP contribution in [-0.4, -0.2) is 9.97 Å². The van der Waals surface area contributed by atoms with E-state index >= 15 is 0 Å². The first-order valence-corrected chi connectivity index (χ1v) is 23.8. The van der Waals surface area contributed by atoms with Crippen molar-refractivity contribution in [1.29, 1.82) is 0 Å². The summed E-state index contributed by atoms with van der Waals surface area (Å²) in [5.41, 5.74) is 10.9. The van der Waals surface area contributed by atoms with Crippen molar-refractivity contribution in [3.63, 3.8) is 0 Å². The van der Waals surface area contributed by atoms with Gasteiger partial charge < -0.3 is 0 Å². The molecule has 0 radical (unpaired) electrons. The van der Waals surface area contributed by atoms with Crippen LogP contribution in [0, 0.1) is 0 Å². The second kappa shape index (κ2) is 15.8. The number of aromatic nitrogens is 2. The number of benzene rings is 11. The van der Waals surface area contributed by atoms with Crippen LogP contribution >= 0.6 is 22.7 Å². The fourth-order valence-corrected chi connectivity index (χ4v) is 11.8. The smallest absolute Gasteiger partial charge is 0.195 e. The van der Waals surface area contributed by atoms with E-state index < -0.39 is 0 Å². The lowest BCUT2D eigenvalue weighted by Gasteiger charge is -2.26. The first kappa shape index (κ1) is 38.3. The summed E-state index contributed by atoms with van der Waals surface area (Å²) in [6, 6.07) is 83.2. The van der Waals surface area contributed by atoms with Gasteiger partial charge in [-0.3, -0.25) is 9.80 Å². The molecule has 0 atom stereocenters. The van der Waals surface area contributed by atoms with Gasteiger partial charge in [0.05, 0.1) is 20.4 Å². The van der Waals surface area contributed by atoms with E-state index in [9.17, 15) is 0 Å². The van der Waals surface area contributed by atoms with E-state index in [0.717, 1.165) is 53.4 Å². The molecule has 0 aliphatic rings. The second-order valence-corrected chi connectivity index (χ2v) is 18.6. The van der Waals surface area contributed by atoms with E-state index in [1.807, 2.05) is 0 Å². The molecule has 13 rings (SSSR count). The molecule has 13 aromatic rings. The van der Waals surface area contributed by atoms with Crippen LogP contribution in [0.25, 0.3) is 85.8 Å². The van der Waals surface area contributed by atoms with Crippen LogP contribution in [0.5, 0.6) is 0 Å². The SMILES string of the molecule is c1ccc(N(c2ccc3c(-c4cccc5ccccc45)c4cc(N(c5ccccc5)c5nc6ccccc6s5)ccc4c(-c4cccc5ccccc45)c3c2)c2nc3ccccc3s2)cc1. The van der Waals surface area contributed by atoms with Crippen molar-refractivity contribution in [3.8, 4) is 22.3 Å². The Kier molecular flexibility index (Phi) is 9.18. The van der Waals surface area contributed by atoms with Gasteiger partial charge in [0.2, 0.25) is 0 Å². The monoisotopic (exact) mass is 878 g/mol. The molecule has 310 valence electrons. The van der Waals surface area contributed by atoms with E-state index in [4.69, 9.17) is 9.97 Å². The molecule has 0 spiro atoms. The molecule has 4 nitrogen and oxygen atoms in total. The topological polar surface area (TPSA) is 32.3 Å². The summed E-state index contributed by atoms with van der Waals surface area (Å²) in [5.74, 6) is 0. The highest BCUT2D eigenvalue weighted by atomic mass is 32.1. The molecular formula is C60H38N4S2. The van der Waals surface area contributed by atoms with E-state index in [0.29, 0.717) is 0 Å². The zero-order chi connectivity index (χ0) is 43.6. The van der Waals surface area contributed by atoms with Gasteiger partial charge in [-0.1, -0.05) is 180 Å². The van der Waals surface area contributed by atoms with Gasteiger partial charge in [0.25, 0.3) is 0 Å². The van der Waals surface area contributed by atoms with Crippen LogP contribution in [0.2, 0.25) is 0 Å². The highest BCUT2D eigenvalue weighted by molar-refractivity contribution is 7.22. The number of anilines is 6. The minimum atomic E-state index is 0.920. The summed E-state index contributed by atoms with van der Waals surface area (Å²) in [5, 5.41) is 11.3. The predicted molar refractivity (Wildman–Crippen MR) is 283 cm³/mol. The molecule has 2 heterocycles. The molecule has 0 fully saturated rings. The summed E-state index contributed by atoms with van der Waals surface area (Å²) in [4.78, 5) is 15.1. The van der Waals surface area contributed by atoms with Crippen LogP contribution in [0.3, 0.4) is 0 Å². The van der Waals surface area contributed by atoms with Gasteiger partial charge in [0.1, 0.15) is 0 Å². The highest BCUT2D eigenvalue weighted by Gasteiger charge is 2.25. The zero-order valence-corrected chi connectivity index (χ0v) is 37.2. The van der Waals surface area contributed by atoms with Crippen LogP contribution in [0.4, 0.5) is 33.0 Å². The third kappa shape index (κ3) is 6.41. The summed E-state index contributed by atoms with van der Waals surface area (Å²) in [7, 11) is 0. The Morgan fingerprint density at radius 1 is 0.288 bits per heavy atom. The fourth-order valence-electron chi connectivity index (χ4n) is 9.76. The van der Waals surface area contributed by atoms with Crippen molar-refractivity contribution in [3.05, 3.63) is 231 Å². The average molecular weight is 879 g/mol.